The van der Waals surface area contributed by atoms with Crippen LogP contribution in [0, 0.1) is 17.4 Å². The average molecular weight is 420 g/mol. The minimum Gasteiger partial charge on any atom is -0.451 e. The minimum absolute atomic E-state index is 0.0762. The molecule has 8 heteroatoms. The fourth-order valence-electron chi connectivity index (χ4n) is 2.82. The third kappa shape index (κ3) is 7.03. The molecule has 31 heavy (non-hydrogen) atoms. The monoisotopic (exact) mass is 420 g/mol. The molecule has 0 heterocycles. The smallest absolute Gasteiger partial charge is 0.338 e. The maximum absolute atomic E-state index is 12.6. The summed E-state index contributed by atoms with van der Waals surface area (Å²) < 4.78 is 9.93. The van der Waals surface area contributed by atoms with Gasteiger partial charge in [-0.05, 0) is 62.2 Å². The minimum atomic E-state index is -1.03. The summed E-state index contributed by atoms with van der Waals surface area (Å²) in [7, 11) is 0. The van der Waals surface area contributed by atoms with Gasteiger partial charge in [-0.15, -0.1) is 5.26 Å². The normalized spacial score (nSPS) is 11.9. The number of ketones is 2. The van der Waals surface area contributed by atoms with Crippen LogP contribution >= 0.6 is 0 Å². The molecule has 0 spiro atoms. The van der Waals surface area contributed by atoms with Crippen molar-refractivity contribution in [2.45, 2.75) is 32.8 Å². The number of carbonyl (C=O) groups excluding carboxylic acids is 4. The first-order valence-corrected chi connectivity index (χ1v) is 9.41. The van der Waals surface area contributed by atoms with Crippen LogP contribution in [0.2, 0.25) is 0 Å². The molecule has 0 amide bonds. The van der Waals surface area contributed by atoms with E-state index in [1.165, 1.54) is 44.2 Å². The molecule has 0 aromatic heterocycles. The van der Waals surface area contributed by atoms with E-state index < -0.39 is 18.0 Å². The van der Waals surface area contributed by atoms with Crippen LogP contribution in [-0.4, -0.2) is 29.7 Å². The summed E-state index contributed by atoms with van der Waals surface area (Å²) in [5.74, 6) is -1.42. The van der Waals surface area contributed by atoms with E-state index in [4.69, 9.17) is 14.7 Å². The number of nitriles is 1. The van der Waals surface area contributed by atoms with E-state index in [2.05, 4.69) is 4.99 Å². The van der Waals surface area contributed by atoms with Gasteiger partial charge in [-0.3, -0.25) is 9.59 Å². The van der Waals surface area contributed by atoms with Crippen molar-refractivity contribution in [3.05, 3.63) is 59.7 Å². The fraction of sp³-hybridized carbons (Fsp3) is 0.261. The second kappa shape index (κ2) is 11.2. The van der Waals surface area contributed by atoms with Gasteiger partial charge in [-0.2, -0.15) is 4.99 Å². The van der Waals surface area contributed by atoms with Crippen LogP contribution in [0.15, 0.2) is 53.5 Å². The highest BCUT2D eigenvalue weighted by Gasteiger charge is 2.25. The summed E-state index contributed by atoms with van der Waals surface area (Å²) in [6.07, 6.45) is 2.19. The Morgan fingerprint density at radius 3 is 2.26 bits per heavy atom. The number of isocyanates is 1. The van der Waals surface area contributed by atoms with Crippen LogP contribution in [0.25, 0.3) is 0 Å². The molecule has 0 aliphatic heterocycles. The molecule has 2 atom stereocenters. The molecular weight excluding hydrogens is 400 g/mol. The van der Waals surface area contributed by atoms with Crippen molar-refractivity contribution in [3.8, 4) is 12.0 Å². The number of esters is 1. The summed E-state index contributed by atoms with van der Waals surface area (Å²) in [5.41, 5.74) is 1.35. The van der Waals surface area contributed by atoms with Crippen molar-refractivity contribution >= 4 is 29.3 Å². The van der Waals surface area contributed by atoms with Gasteiger partial charge in [0.2, 0.25) is 6.08 Å². The first-order valence-electron chi connectivity index (χ1n) is 9.41. The molecule has 2 aromatic carbocycles. The van der Waals surface area contributed by atoms with Gasteiger partial charge >= 0.3 is 5.97 Å². The third-order valence-electron chi connectivity index (χ3n) is 4.61. The lowest BCUT2D eigenvalue weighted by Crippen LogP contribution is -2.28. The summed E-state index contributed by atoms with van der Waals surface area (Å²) in [6.45, 7) is 2.86. The van der Waals surface area contributed by atoms with Gasteiger partial charge in [0, 0.05) is 12.3 Å². The van der Waals surface area contributed by atoms with E-state index in [1.54, 1.807) is 30.5 Å². The molecule has 0 saturated carbocycles. The molecular formula is C23H20N2O6. The van der Waals surface area contributed by atoms with E-state index in [9.17, 15) is 19.2 Å². The highest BCUT2D eigenvalue weighted by molar-refractivity contribution is 5.94. The Kier molecular flexibility index (Phi) is 8.38. The van der Waals surface area contributed by atoms with Crippen molar-refractivity contribution in [2.24, 2.45) is 10.9 Å². The van der Waals surface area contributed by atoms with Crippen molar-refractivity contribution in [1.29, 1.82) is 5.26 Å². The molecule has 8 nitrogen and oxygen atoms in total. The maximum Gasteiger partial charge on any atom is 0.338 e. The zero-order valence-electron chi connectivity index (χ0n) is 17.0. The second-order valence-corrected chi connectivity index (χ2v) is 6.82. The molecule has 0 fully saturated rings. The number of carbonyl (C=O) groups is 3. The first-order chi connectivity index (χ1) is 14.8. The van der Waals surface area contributed by atoms with Gasteiger partial charge in [0.15, 0.2) is 11.9 Å². The van der Waals surface area contributed by atoms with Gasteiger partial charge in [0.1, 0.15) is 11.5 Å². The predicted molar refractivity (Wildman–Crippen MR) is 109 cm³/mol. The number of Topliss-reactive ketones (excluding diaryl/α,β-unsaturated/α-hetero) is 2. The van der Waals surface area contributed by atoms with Gasteiger partial charge in [-0.1, -0.05) is 12.1 Å². The molecule has 0 aliphatic rings. The topological polar surface area (TPSA) is 123 Å². The number of hydrogen-bond donors (Lipinski definition) is 0. The largest absolute Gasteiger partial charge is 0.451 e. The molecule has 2 aromatic rings. The standard InChI is InChI=1S/C23H20N2O6/c1-15(27)19(11-17-3-9-21(10-4-17)30-13-24)12-22(28)16(2)31-23(29)18-5-7-20(8-6-18)25-14-26/h3-10,16,19H,11-12H2,1-2H3. The Bertz CT molecular complexity index is 1030. The summed E-state index contributed by atoms with van der Waals surface area (Å²) >= 11 is 0. The predicted octanol–water partition coefficient (Wildman–Crippen LogP) is 3.47. The summed E-state index contributed by atoms with van der Waals surface area (Å²) in [5, 5.41) is 8.52. The first kappa shape index (κ1) is 23.2. The molecule has 0 aliphatic carbocycles. The van der Waals surface area contributed by atoms with Gasteiger partial charge < -0.3 is 9.47 Å². The van der Waals surface area contributed by atoms with Crippen LogP contribution in [0.3, 0.4) is 0 Å². The van der Waals surface area contributed by atoms with Crippen molar-refractivity contribution < 1.29 is 28.7 Å². The maximum atomic E-state index is 12.6. The van der Waals surface area contributed by atoms with E-state index >= 15 is 0 Å². The number of rotatable bonds is 10. The van der Waals surface area contributed by atoms with Crippen molar-refractivity contribution in [2.75, 3.05) is 0 Å². The molecule has 158 valence electrons. The Hall–Kier alpha value is -4.08. The third-order valence-corrected chi connectivity index (χ3v) is 4.61. The lowest BCUT2D eigenvalue weighted by molar-refractivity contribution is -0.131. The number of nitrogens with zero attached hydrogens (tertiary/aromatic N) is 2. The number of benzene rings is 2. The summed E-state index contributed by atoms with van der Waals surface area (Å²) in [6, 6.07) is 12.4. The van der Waals surface area contributed by atoms with Gasteiger partial charge in [0.25, 0.3) is 6.26 Å². The molecule has 0 bridgehead atoms. The second-order valence-electron chi connectivity index (χ2n) is 6.82. The van der Waals surface area contributed by atoms with Crippen LogP contribution in [0.5, 0.6) is 5.75 Å². The number of hydrogen-bond acceptors (Lipinski definition) is 8. The Balaban J connectivity index is 1.97. The Morgan fingerprint density at radius 1 is 1.06 bits per heavy atom. The molecule has 2 unspecified atom stereocenters. The quantitative estimate of drug-likeness (QED) is 0.249. The molecule has 0 N–H and O–H groups in total. The van der Waals surface area contributed by atoms with E-state index in [0.29, 0.717) is 17.9 Å². The Morgan fingerprint density at radius 2 is 1.71 bits per heavy atom. The molecule has 0 radical (unpaired) electrons. The lowest BCUT2D eigenvalue weighted by atomic mass is 9.90. The van der Waals surface area contributed by atoms with Crippen LogP contribution in [-0.2, 0) is 25.5 Å². The van der Waals surface area contributed by atoms with Crippen molar-refractivity contribution in [3.63, 3.8) is 0 Å². The van der Waals surface area contributed by atoms with Crippen LogP contribution in [0.1, 0.15) is 36.2 Å². The Labute approximate surface area is 179 Å². The fourth-order valence-corrected chi connectivity index (χ4v) is 2.82. The van der Waals surface area contributed by atoms with Crippen molar-refractivity contribution in [1.82, 2.24) is 0 Å². The lowest BCUT2D eigenvalue weighted by Gasteiger charge is -2.17. The van der Waals surface area contributed by atoms with Crippen LogP contribution < -0.4 is 4.74 Å². The van der Waals surface area contributed by atoms with E-state index in [1.807, 2.05) is 0 Å². The van der Waals surface area contributed by atoms with Gasteiger partial charge in [0.05, 0.1) is 11.3 Å². The summed E-state index contributed by atoms with van der Waals surface area (Å²) in [4.78, 5) is 50.5. The SMILES string of the molecule is CC(=O)C(CC(=O)C(C)OC(=O)c1ccc(N=C=O)cc1)Cc1ccc(OC#N)cc1. The highest BCUT2D eigenvalue weighted by Crippen LogP contribution is 2.19. The average Bonchev–Trinajstić information content (AvgIpc) is 2.75. The zero-order valence-corrected chi connectivity index (χ0v) is 17.0. The zero-order chi connectivity index (χ0) is 22.8. The molecule has 2 rings (SSSR count). The molecule has 0 saturated heterocycles. The van der Waals surface area contributed by atoms with Crippen LogP contribution in [0.4, 0.5) is 5.69 Å². The van der Waals surface area contributed by atoms with E-state index in [-0.39, 0.29) is 23.6 Å². The highest BCUT2D eigenvalue weighted by atomic mass is 16.5. The van der Waals surface area contributed by atoms with Gasteiger partial charge in [-0.25, -0.2) is 9.59 Å². The number of ether oxygens (including phenoxy) is 2. The van der Waals surface area contributed by atoms with E-state index in [0.717, 1.165) is 5.56 Å². The number of aliphatic imine (C=N–C) groups is 1.